The highest BCUT2D eigenvalue weighted by Gasteiger charge is 2.61. The lowest BCUT2D eigenvalue weighted by atomic mass is 9.57. The molecule has 1 fully saturated rings. The third-order valence-electron chi connectivity index (χ3n) is 7.98. The molecule has 11 heteroatoms. The predicted octanol–water partition coefficient (Wildman–Crippen LogP) is 0.475. The van der Waals surface area contributed by atoms with E-state index < -0.39 is 75.5 Å². The molecule has 5 rings (SSSR count). The van der Waals surface area contributed by atoms with E-state index in [0.29, 0.717) is 5.56 Å². The van der Waals surface area contributed by atoms with Gasteiger partial charge in [0.15, 0.2) is 11.4 Å². The van der Waals surface area contributed by atoms with Crippen molar-refractivity contribution in [3.8, 4) is 5.75 Å². The third kappa shape index (κ3) is 2.98. The lowest BCUT2D eigenvalue weighted by Crippen LogP contribution is -2.59. The molecule has 1 aromatic rings. The summed E-state index contributed by atoms with van der Waals surface area (Å²) in [5.74, 6) is -8.72. The molecule has 3 aliphatic carbocycles. The number of aromatic hydroxyl groups is 1. The molecule has 3 amide bonds. The number of carbonyl (C=O) groups excluding carboxylic acids is 5. The van der Waals surface area contributed by atoms with Crippen molar-refractivity contribution < 1.29 is 44.4 Å². The summed E-state index contributed by atoms with van der Waals surface area (Å²) >= 11 is 0. The zero-order valence-corrected chi connectivity index (χ0v) is 19.3. The minimum atomic E-state index is -2.66. The fourth-order valence-electron chi connectivity index (χ4n) is 6.05. The predicted molar refractivity (Wildman–Crippen MR) is 120 cm³/mol. The third-order valence-corrected chi connectivity index (χ3v) is 7.98. The minimum Gasteiger partial charge on any atom is -0.511 e. The lowest BCUT2D eigenvalue weighted by Gasteiger charge is -2.48. The highest BCUT2D eigenvalue weighted by atomic mass is 16.3. The van der Waals surface area contributed by atoms with Gasteiger partial charge in [0.05, 0.1) is 12.1 Å². The number of aliphatic hydroxyl groups excluding tert-OH is 2. The molecule has 4 aliphatic rings. The van der Waals surface area contributed by atoms with E-state index in [1.807, 2.05) is 0 Å². The van der Waals surface area contributed by atoms with Gasteiger partial charge in [0.1, 0.15) is 22.8 Å². The first-order valence-electron chi connectivity index (χ1n) is 11.5. The topological polar surface area (TPSA) is 196 Å². The molecule has 36 heavy (non-hydrogen) atoms. The van der Waals surface area contributed by atoms with Gasteiger partial charge in [-0.05, 0) is 24.3 Å². The van der Waals surface area contributed by atoms with E-state index in [-0.39, 0.29) is 48.9 Å². The van der Waals surface area contributed by atoms with Crippen molar-refractivity contribution in [3.63, 3.8) is 0 Å². The Morgan fingerprint density at radius 1 is 1.11 bits per heavy atom. The van der Waals surface area contributed by atoms with Crippen molar-refractivity contribution in [2.75, 3.05) is 0 Å². The minimum absolute atomic E-state index is 0.0311. The molecule has 188 valence electrons. The Balaban J connectivity index is 1.60. The van der Waals surface area contributed by atoms with Crippen molar-refractivity contribution in [3.05, 3.63) is 51.5 Å². The molecule has 1 aliphatic heterocycles. The zero-order valence-electron chi connectivity index (χ0n) is 19.3. The second-order valence-corrected chi connectivity index (χ2v) is 9.82. The van der Waals surface area contributed by atoms with Crippen LogP contribution in [-0.2, 0) is 32.1 Å². The maximum absolute atomic E-state index is 13.6. The number of Topliss-reactive ketones (excluding diaryl/α,β-unsaturated/α-hetero) is 2. The lowest BCUT2D eigenvalue weighted by molar-refractivity contribution is -0.147. The fraction of sp³-hybridized carbons (Fsp3) is 0.400. The number of benzene rings is 1. The standard InChI is InChI=1S/C25H24N2O9/c1-9-13-7-12-6-10-2-3-11(8-27-14(28)4-5-15(27)29)20(31)16(10)21(32)17(12)22(33)25(13,36)23(34)18(19(9)30)24(26)35/h2-3,9,12-13,30-31,33,36H,4-8H2,1H3,(H2,26,35)/t9-,12?,13?,25-/m0/s1. The summed E-state index contributed by atoms with van der Waals surface area (Å²) in [5.41, 5.74) is 1.94. The normalized spacial score (nSPS) is 29.9. The largest absolute Gasteiger partial charge is 0.511 e. The molecule has 6 N–H and O–H groups in total. The summed E-state index contributed by atoms with van der Waals surface area (Å²) in [6.07, 6.45) is 0.338. The van der Waals surface area contributed by atoms with Gasteiger partial charge in [-0.25, -0.2) is 0 Å². The number of nitrogens with two attached hydrogens (primary N) is 1. The van der Waals surface area contributed by atoms with E-state index in [0.717, 1.165) is 4.90 Å². The highest BCUT2D eigenvalue weighted by Crippen LogP contribution is 2.53. The Labute approximate surface area is 204 Å². The molecule has 0 spiro atoms. The molecule has 1 saturated heterocycles. The second kappa shape index (κ2) is 7.76. The summed E-state index contributed by atoms with van der Waals surface area (Å²) in [5, 5.41) is 43.9. The van der Waals surface area contributed by atoms with Crippen LogP contribution in [0.2, 0.25) is 0 Å². The first-order valence-corrected chi connectivity index (χ1v) is 11.5. The Morgan fingerprint density at radius 2 is 1.75 bits per heavy atom. The van der Waals surface area contributed by atoms with Crippen molar-refractivity contribution in [1.29, 1.82) is 0 Å². The van der Waals surface area contributed by atoms with E-state index in [2.05, 4.69) is 0 Å². The number of carbonyl (C=O) groups is 5. The van der Waals surface area contributed by atoms with E-state index in [1.165, 1.54) is 13.0 Å². The number of aliphatic hydroxyl groups is 3. The van der Waals surface area contributed by atoms with E-state index in [9.17, 15) is 44.4 Å². The molecule has 1 aromatic carbocycles. The van der Waals surface area contributed by atoms with Crippen LogP contribution in [0.25, 0.3) is 0 Å². The number of hydrogen-bond donors (Lipinski definition) is 5. The molecule has 1 heterocycles. The maximum atomic E-state index is 13.6. The molecule has 0 radical (unpaired) electrons. The Morgan fingerprint density at radius 3 is 2.36 bits per heavy atom. The van der Waals surface area contributed by atoms with Crippen LogP contribution in [0.15, 0.2) is 34.8 Å². The van der Waals surface area contributed by atoms with Crippen molar-refractivity contribution in [2.24, 2.45) is 23.5 Å². The Kier molecular flexibility index (Phi) is 5.11. The van der Waals surface area contributed by atoms with Crippen LogP contribution in [0, 0.1) is 17.8 Å². The average Bonchev–Trinajstić information content (AvgIpc) is 3.13. The van der Waals surface area contributed by atoms with E-state index in [4.69, 9.17) is 5.73 Å². The van der Waals surface area contributed by atoms with Crippen LogP contribution in [0.4, 0.5) is 0 Å². The van der Waals surface area contributed by atoms with Gasteiger partial charge in [0, 0.05) is 35.8 Å². The van der Waals surface area contributed by atoms with Crippen LogP contribution in [0.3, 0.4) is 0 Å². The molecular formula is C25H24N2O9. The number of hydrogen-bond acceptors (Lipinski definition) is 9. The van der Waals surface area contributed by atoms with Crippen molar-refractivity contribution in [1.82, 2.24) is 4.90 Å². The van der Waals surface area contributed by atoms with Gasteiger partial charge in [0.25, 0.3) is 5.91 Å². The van der Waals surface area contributed by atoms with Gasteiger partial charge in [-0.15, -0.1) is 0 Å². The smallest absolute Gasteiger partial charge is 0.255 e. The maximum Gasteiger partial charge on any atom is 0.255 e. The number of phenolic OH excluding ortho intramolecular Hbond substituents is 1. The van der Waals surface area contributed by atoms with Gasteiger partial charge in [-0.1, -0.05) is 19.1 Å². The Hall–Kier alpha value is -3.99. The van der Waals surface area contributed by atoms with Gasteiger partial charge in [0.2, 0.25) is 17.6 Å². The highest BCUT2D eigenvalue weighted by molar-refractivity contribution is 6.24. The summed E-state index contributed by atoms with van der Waals surface area (Å²) in [7, 11) is 0. The summed E-state index contributed by atoms with van der Waals surface area (Å²) < 4.78 is 0. The van der Waals surface area contributed by atoms with Gasteiger partial charge in [-0.3, -0.25) is 28.9 Å². The molecule has 0 aromatic heterocycles. The number of phenols is 1. The second-order valence-electron chi connectivity index (χ2n) is 9.82. The summed E-state index contributed by atoms with van der Waals surface area (Å²) in [6.45, 7) is 1.25. The van der Waals surface area contributed by atoms with Gasteiger partial charge in [-0.2, -0.15) is 0 Å². The number of nitrogens with zero attached hydrogens (tertiary/aromatic N) is 1. The van der Waals surface area contributed by atoms with Crippen LogP contribution in [0.1, 0.15) is 47.7 Å². The SMILES string of the molecule is C[C@@H]1C(O)=C(C(N)=O)C(=O)[C@@]2(O)C(O)=C3C(=O)c4c(ccc(CN5C(=O)CCC5=O)c4O)CC3CC12. The number of imide groups is 1. The van der Waals surface area contributed by atoms with Gasteiger partial charge >= 0.3 is 0 Å². The number of fused-ring (bicyclic) bond motifs is 3. The van der Waals surface area contributed by atoms with Gasteiger partial charge < -0.3 is 26.2 Å². The van der Waals surface area contributed by atoms with Crippen molar-refractivity contribution >= 4 is 29.3 Å². The van der Waals surface area contributed by atoms with Crippen molar-refractivity contribution in [2.45, 2.75) is 44.8 Å². The molecular weight excluding hydrogens is 472 g/mol. The molecule has 11 nitrogen and oxygen atoms in total. The number of primary amides is 1. The van der Waals surface area contributed by atoms with E-state index in [1.54, 1.807) is 6.07 Å². The summed E-state index contributed by atoms with van der Waals surface area (Å²) in [6, 6.07) is 3.12. The van der Waals surface area contributed by atoms with Crippen LogP contribution in [-0.4, -0.2) is 60.2 Å². The van der Waals surface area contributed by atoms with Crippen LogP contribution < -0.4 is 5.73 Å². The Bertz CT molecular complexity index is 1340. The number of likely N-dealkylation sites (tertiary alicyclic amines) is 1. The van der Waals surface area contributed by atoms with Crippen LogP contribution >= 0.6 is 0 Å². The number of allylic oxidation sites excluding steroid dienone is 2. The fourth-order valence-corrected chi connectivity index (χ4v) is 6.05. The van der Waals surface area contributed by atoms with Crippen LogP contribution in [0.5, 0.6) is 5.75 Å². The first kappa shape index (κ1) is 23.7. The molecule has 0 bridgehead atoms. The summed E-state index contributed by atoms with van der Waals surface area (Å²) in [4.78, 5) is 63.5. The molecule has 4 atom stereocenters. The monoisotopic (exact) mass is 496 g/mol. The zero-order chi connectivity index (χ0) is 26.3. The number of amides is 3. The molecule has 0 saturated carbocycles. The number of ketones is 2. The first-order chi connectivity index (χ1) is 16.9. The quantitative estimate of drug-likeness (QED) is 0.292. The number of rotatable bonds is 3. The van der Waals surface area contributed by atoms with E-state index >= 15 is 0 Å². The average molecular weight is 496 g/mol. The molecule has 2 unspecified atom stereocenters.